The van der Waals surface area contributed by atoms with Crippen molar-refractivity contribution in [2.45, 2.75) is 23.2 Å². The molecule has 2 heterocycles. The Labute approximate surface area is 140 Å². The molecule has 2 aromatic rings. The Hall–Kier alpha value is -2.48. The van der Waals surface area contributed by atoms with Crippen LogP contribution in [-0.2, 0) is 16.1 Å². The maximum Gasteiger partial charge on any atom is 0.238 e. The van der Waals surface area contributed by atoms with Crippen molar-refractivity contribution < 1.29 is 18.4 Å². The van der Waals surface area contributed by atoms with Crippen LogP contribution in [0.25, 0.3) is 0 Å². The number of thioether (sulfide) groups is 1. The van der Waals surface area contributed by atoms with E-state index in [1.54, 1.807) is 18.3 Å². The first-order chi connectivity index (χ1) is 11.5. The number of rotatable bonds is 4. The lowest BCUT2D eigenvalue weighted by molar-refractivity contribution is -0.124. The lowest BCUT2D eigenvalue weighted by Crippen LogP contribution is -2.34. The molecule has 1 aliphatic rings. The minimum absolute atomic E-state index is 0.0316. The average molecular weight is 349 g/mol. The zero-order chi connectivity index (χ0) is 17.1. The lowest BCUT2D eigenvalue weighted by atomic mass is 10.2. The third kappa shape index (κ3) is 3.70. The van der Waals surface area contributed by atoms with Crippen molar-refractivity contribution in [2.24, 2.45) is 0 Å². The number of amides is 2. The summed E-state index contributed by atoms with van der Waals surface area (Å²) in [5, 5.41) is 5.38. The van der Waals surface area contributed by atoms with Crippen molar-refractivity contribution >= 4 is 29.3 Å². The number of anilines is 1. The van der Waals surface area contributed by atoms with Gasteiger partial charge in [-0.3, -0.25) is 9.59 Å². The molecule has 0 spiro atoms. The summed E-state index contributed by atoms with van der Waals surface area (Å²) >= 11 is 1.23. The molecule has 0 saturated heterocycles. The largest absolute Gasteiger partial charge is 0.352 e. The van der Waals surface area contributed by atoms with E-state index < -0.39 is 16.9 Å². The highest BCUT2D eigenvalue weighted by Crippen LogP contribution is 2.34. The van der Waals surface area contributed by atoms with Gasteiger partial charge in [0.25, 0.3) is 0 Å². The van der Waals surface area contributed by atoms with Gasteiger partial charge in [-0.15, -0.1) is 0 Å². The molecule has 1 atom stereocenters. The topological polar surface area (TPSA) is 71.1 Å². The summed E-state index contributed by atoms with van der Waals surface area (Å²) < 4.78 is 26.0. The van der Waals surface area contributed by atoms with E-state index in [1.165, 1.54) is 17.8 Å². The second-order valence-electron chi connectivity index (χ2n) is 5.18. The molecular weight excluding hydrogens is 336 g/mol. The molecule has 1 aliphatic heterocycles. The highest BCUT2D eigenvalue weighted by molar-refractivity contribution is 8.00. The quantitative estimate of drug-likeness (QED) is 0.890. The van der Waals surface area contributed by atoms with Crippen LogP contribution in [0.3, 0.4) is 0 Å². The van der Waals surface area contributed by atoms with E-state index in [0.717, 1.165) is 12.1 Å². The Balaban J connectivity index is 1.57. The molecule has 124 valence electrons. The fraction of sp³-hybridized carbons (Fsp3) is 0.188. The number of hydrogen-bond acceptors (Lipinski definition) is 4. The zero-order valence-corrected chi connectivity index (χ0v) is 13.2. The fourth-order valence-corrected chi connectivity index (χ4v) is 3.24. The molecule has 0 aliphatic carbocycles. The van der Waals surface area contributed by atoms with Crippen LogP contribution in [0.15, 0.2) is 41.6 Å². The van der Waals surface area contributed by atoms with Gasteiger partial charge in [-0.2, -0.15) is 0 Å². The normalized spacial score (nSPS) is 16.2. The summed E-state index contributed by atoms with van der Waals surface area (Å²) in [6.07, 6.45) is 1.58. The Kier molecular flexibility index (Phi) is 4.75. The van der Waals surface area contributed by atoms with Crippen LogP contribution < -0.4 is 10.6 Å². The molecule has 1 unspecified atom stereocenters. The molecule has 3 rings (SSSR count). The van der Waals surface area contributed by atoms with Crippen LogP contribution in [0, 0.1) is 11.6 Å². The van der Waals surface area contributed by atoms with Gasteiger partial charge < -0.3 is 10.6 Å². The van der Waals surface area contributed by atoms with E-state index >= 15 is 0 Å². The van der Waals surface area contributed by atoms with Crippen molar-refractivity contribution in [3.8, 4) is 0 Å². The van der Waals surface area contributed by atoms with Gasteiger partial charge in [0.2, 0.25) is 11.8 Å². The van der Waals surface area contributed by atoms with E-state index in [2.05, 4.69) is 15.6 Å². The Morgan fingerprint density at radius 1 is 1.29 bits per heavy atom. The zero-order valence-electron chi connectivity index (χ0n) is 12.4. The number of hydrogen-bond donors (Lipinski definition) is 2. The number of benzene rings is 1. The molecule has 2 amide bonds. The van der Waals surface area contributed by atoms with Gasteiger partial charge in [0, 0.05) is 19.2 Å². The van der Waals surface area contributed by atoms with Crippen LogP contribution >= 0.6 is 11.8 Å². The van der Waals surface area contributed by atoms with E-state index in [1.807, 2.05) is 0 Å². The minimum atomic E-state index is -0.966. The van der Waals surface area contributed by atoms with Crippen molar-refractivity contribution in [1.82, 2.24) is 10.3 Å². The van der Waals surface area contributed by atoms with Gasteiger partial charge in [0.05, 0.1) is 10.9 Å². The summed E-state index contributed by atoms with van der Waals surface area (Å²) in [7, 11) is 0. The van der Waals surface area contributed by atoms with Crippen molar-refractivity contribution in [3.05, 3.63) is 53.7 Å². The number of pyridine rings is 1. The molecule has 1 aromatic heterocycles. The number of carbonyl (C=O) groups excluding carboxylic acids is 2. The van der Waals surface area contributed by atoms with Crippen LogP contribution in [0.2, 0.25) is 0 Å². The van der Waals surface area contributed by atoms with Crippen molar-refractivity contribution in [1.29, 1.82) is 0 Å². The lowest BCUT2D eigenvalue weighted by Gasteiger charge is -2.22. The third-order valence-electron chi connectivity index (χ3n) is 3.42. The number of carbonyl (C=O) groups is 2. The Bertz CT molecular complexity index is 801. The molecule has 0 bridgehead atoms. The smallest absolute Gasteiger partial charge is 0.238 e. The summed E-state index contributed by atoms with van der Waals surface area (Å²) in [6, 6.07) is 6.88. The predicted octanol–water partition coefficient (Wildman–Crippen LogP) is 2.48. The maximum atomic E-state index is 13.1. The fourth-order valence-electron chi connectivity index (χ4n) is 2.21. The molecule has 2 N–H and O–H groups in total. The standard InChI is InChI=1S/C16H13F2N3O2S/c17-10-4-3-9(6-11(10)18)8-20-14(22)7-13-15(23)21-12-2-1-5-19-16(12)24-13/h1-6,13H,7-8H2,(H,20,22)(H,21,23). The number of fused-ring (bicyclic) bond motifs is 1. The number of nitrogens with one attached hydrogen (secondary N) is 2. The first-order valence-corrected chi connectivity index (χ1v) is 8.04. The first-order valence-electron chi connectivity index (χ1n) is 7.16. The molecule has 0 radical (unpaired) electrons. The Morgan fingerprint density at radius 3 is 2.92 bits per heavy atom. The van der Waals surface area contributed by atoms with Crippen LogP contribution in [0.5, 0.6) is 0 Å². The van der Waals surface area contributed by atoms with Crippen LogP contribution in [0.4, 0.5) is 14.5 Å². The van der Waals surface area contributed by atoms with Gasteiger partial charge >= 0.3 is 0 Å². The summed E-state index contributed by atoms with van der Waals surface area (Å²) in [4.78, 5) is 28.2. The maximum absolute atomic E-state index is 13.1. The van der Waals surface area contributed by atoms with Gasteiger partial charge in [0.1, 0.15) is 5.03 Å². The molecule has 0 fully saturated rings. The average Bonchev–Trinajstić information content (AvgIpc) is 2.56. The van der Waals surface area contributed by atoms with Crippen LogP contribution in [-0.4, -0.2) is 22.0 Å². The SMILES string of the molecule is O=C(CC1Sc2ncccc2NC1=O)NCc1ccc(F)c(F)c1. The summed E-state index contributed by atoms with van der Waals surface area (Å²) in [5.74, 6) is -2.52. The van der Waals surface area contributed by atoms with E-state index in [0.29, 0.717) is 16.3 Å². The second kappa shape index (κ2) is 6.96. The van der Waals surface area contributed by atoms with Gasteiger partial charge in [-0.1, -0.05) is 17.8 Å². The van der Waals surface area contributed by atoms with Gasteiger partial charge in [0.15, 0.2) is 11.6 Å². The Morgan fingerprint density at radius 2 is 2.12 bits per heavy atom. The first kappa shape index (κ1) is 16.4. The number of nitrogens with zero attached hydrogens (tertiary/aromatic N) is 1. The van der Waals surface area contributed by atoms with Gasteiger partial charge in [-0.05, 0) is 29.8 Å². The van der Waals surface area contributed by atoms with E-state index in [-0.39, 0.29) is 24.8 Å². The molecule has 8 heteroatoms. The number of aromatic nitrogens is 1. The molecule has 5 nitrogen and oxygen atoms in total. The molecule has 1 aromatic carbocycles. The molecule has 24 heavy (non-hydrogen) atoms. The van der Waals surface area contributed by atoms with E-state index in [9.17, 15) is 18.4 Å². The summed E-state index contributed by atoms with van der Waals surface area (Å²) in [5.41, 5.74) is 1.07. The van der Waals surface area contributed by atoms with Crippen molar-refractivity contribution in [3.63, 3.8) is 0 Å². The van der Waals surface area contributed by atoms with Gasteiger partial charge in [-0.25, -0.2) is 13.8 Å². The highest BCUT2D eigenvalue weighted by atomic mass is 32.2. The third-order valence-corrected chi connectivity index (χ3v) is 4.63. The van der Waals surface area contributed by atoms with Crippen molar-refractivity contribution in [2.75, 3.05) is 5.32 Å². The molecular formula is C16H13F2N3O2S. The highest BCUT2D eigenvalue weighted by Gasteiger charge is 2.29. The number of halogens is 2. The monoisotopic (exact) mass is 349 g/mol. The predicted molar refractivity (Wildman–Crippen MR) is 85.3 cm³/mol. The van der Waals surface area contributed by atoms with E-state index in [4.69, 9.17) is 0 Å². The second-order valence-corrected chi connectivity index (χ2v) is 6.37. The summed E-state index contributed by atoms with van der Waals surface area (Å²) in [6.45, 7) is 0.0594. The molecule has 0 saturated carbocycles. The minimum Gasteiger partial charge on any atom is -0.352 e. The van der Waals surface area contributed by atoms with Crippen LogP contribution in [0.1, 0.15) is 12.0 Å².